The Morgan fingerprint density at radius 3 is 2.32 bits per heavy atom. The second kappa shape index (κ2) is 17.1. The van der Waals surface area contributed by atoms with E-state index in [4.69, 9.17) is 20.7 Å². The first-order valence-corrected chi connectivity index (χ1v) is 12.8. The van der Waals surface area contributed by atoms with Crippen molar-refractivity contribution in [1.82, 2.24) is 5.32 Å². The summed E-state index contributed by atoms with van der Waals surface area (Å²) in [6.45, 7) is 10.1. The molecule has 8 nitrogen and oxygen atoms in total. The third-order valence-electron chi connectivity index (χ3n) is 5.99. The third-order valence-corrected chi connectivity index (χ3v) is 5.99. The Balaban J connectivity index is 0.00000168. The van der Waals surface area contributed by atoms with Gasteiger partial charge in [-0.1, -0.05) is 45.7 Å². The fourth-order valence-corrected chi connectivity index (χ4v) is 3.17. The van der Waals surface area contributed by atoms with Crippen LogP contribution in [0.1, 0.15) is 64.5 Å². The van der Waals surface area contributed by atoms with Crippen molar-refractivity contribution in [3.8, 4) is 5.75 Å². The van der Waals surface area contributed by atoms with Gasteiger partial charge in [0.05, 0.1) is 13.7 Å². The molecular weight excluding hydrogens is 487 g/mol. The summed E-state index contributed by atoms with van der Waals surface area (Å²) >= 11 is 0. The number of benzene rings is 2. The van der Waals surface area contributed by atoms with Crippen molar-refractivity contribution >= 4 is 23.8 Å². The van der Waals surface area contributed by atoms with Crippen LogP contribution in [0.4, 0.5) is 10.1 Å². The predicted octanol–water partition coefficient (Wildman–Crippen LogP) is 5.04. The van der Waals surface area contributed by atoms with Crippen LogP contribution >= 0.6 is 0 Å². The summed E-state index contributed by atoms with van der Waals surface area (Å²) in [5.74, 6) is -0.0565. The van der Waals surface area contributed by atoms with E-state index in [1.54, 1.807) is 24.3 Å². The van der Waals surface area contributed by atoms with E-state index in [1.165, 1.54) is 19.2 Å². The normalized spacial score (nSPS) is 11.4. The number of nitrogens with one attached hydrogen (secondary N) is 3. The highest BCUT2D eigenvalue weighted by atomic mass is 19.1. The van der Waals surface area contributed by atoms with E-state index in [0.717, 1.165) is 31.2 Å². The van der Waals surface area contributed by atoms with Crippen molar-refractivity contribution in [3.63, 3.8) is 0 Å². The van der Waals surface area contributed by atoms with E-state index in [1.807, 2.05) is 33.8 Å². The number of nitrogens with two attached hydrogens (primary N) is 1. The molecule has 0 heterocycles. The van der Waals surface area contributed by atoms with E-state index in [9.17, 15) is 9.18 Å². The molecule has 2 aromatic carbocycles. The lowest BCUT2D eigenvalue weighted by Crippen LogP contribution is -2.44. The molecule has 9 heteroatoms. The molecular formula is C29H43FN4O4. The second-order valence-corrected chi connectivity index (χ2v) is 10.0. The molecule has 0 spiro atoms. The number of unbranched alkanes of at least 4 members (excludes halogenated alkanes) is 3. The van der Waals surface area contributed by atoms with E-state index < -0.39 is 5.91 Å². The van der Waals surface area contributed by atoms with Gasteiger partial charge in [-0.15, -0.1) is 0 Å². The van der Waals surface area contributed by atoms with Crippen LogP contribution < -0.4 is 21.1 Å². The molecule has 0 saturated carbocycles. The highest BCUT2D eigenvalue weighted by molar-refractivity contribution is 6.45. The SMILES string of the molecule is CC(NC(=O)C(=N)c1ccc(OCCCCCCN)cc1NCc1ccc(F)cc1)C(C)(C)C.COC=O. The van der Waals surface area contributed by atoms with Gasteiger partial charge in [0, 0.05) is 29.9 Å². The quantitative estimate of drug-likeness (QED) is 0.154. The fraction of sp³-hybridized carbons (Fsp3) is 0.483. The maximum Gasteiger partial charge on any atom is 0.292 e. The maximum absolute atomic E-state index is 13.3. The molecule has 1 unspecified atom stereocenters. The van der Waals surface area contributed by atoms with Crippen LogP contribution in [0.5, 0.6) is 5.75 Å². The Morgan fingerprint density at radius 2 is 1.74 bits per heavy atom. The number of ether oxygens (including phenoxy) is 2. The molecule has 0 aliphatic rings. The molecule has 38 heavy (non-hydrogen) atoms. The van der Waals surface area contributed by atoms with Crippen LogP contribution in [0.3, 0.4) is 0 Å². The van der Waals surface area contributed by atoms with Crippen molar-refractivity contribution in [2.24, 2.45) is 11.1 Å². The Morgan fingerprint density at radius 1 is 1.11 bits per heavy atom. The number of amides is 1. The number of carbonyl (C=O) groups is 2. The van der Waals surface area contributed by atoms with Gasteiger partial charge in [-0.2, -0.15) is 0 Å². The first-order chi connectivity index (χ1) is 18.0. The van der Waals surface area contributed by atoms with E-state index >= 15 is 0 Å². The number of methoxy groups -OCH3 is 1. The summed E-state index contributed by atoms with van der Waals surface area (Å²) in [7, 11) is 1.31. The standard InChI is InChI=1S/C27H39FN4O2.C2H4O2/c1-19(27(2,3)4)32-26(33)25(30)23-14-13-22(34-16-8-6-5-7-15-29)17-24(23)31-18-20-9-11-21(28)12-10-20;1-4-2-3/h9-14,17,19,30-31H,5-8,15-16,18,29H2,1-4H3,(H,32,33);2H,1H3. The van der Waals surface area contributed by atoms with Crippen LogP contribution in [0.2, 0.25) is 0 Å². The molecule has 0 fully saturated rings. The van der Waals surface area contributed by atoms with Gasteiger partial charge in [0.25, 0.3) is 12.4 Å². The highest BCUT2D eigenvalue weighted by Gasteiger charge is 2.24. The smallest absolute Gasteiger partial charge is 0.292 e. The van der Waals surface area contributed by atoms with Crippen molar-refractivity contribution in [3.05, 3.63) is 59.4 Å². The molecule has 1 amide bonds. The Kier molecular flexibility index (Phi) is 14.7. The van der Waals surface area contributed by atoms with Crippen LogP contribution in [0, 0.1) is 16.6 Å². The molecule has 0 bridgehead atoms. The molecule has 2 aromatic rings. The maximum atomic E-state index is 13.3. The topological polar surface area (TPSA) is 127 Å². The fourth-order valence-electron chi connectivity index (χ4n) is 3.17. The van der Waals surface area contributed by atoms with Gasteiger partial charge in [0.15, 0.2) is 0 Å². The number of halogens is 1. The molecule has 0 aliphatic carbocycles. The van der Waals surface area contributed by atoms with Crippen LogP contribution in [0.25, 0.3) is 0 Å². The van der Waals surface area contributed by atoms with Crippen LogP contribution in [0.15, 0.2) is 42.5 Å². The third kappa shape index (κ3) is 12.2. The molecule has 0 radical (unpaired) electrons. The summed E-state index contributed by atoms with van der Waals surface area (Å²) in [5, 5.41) is 14.8. The highest BCUT2D eigenvalue weighted by Crippen LogP contribution is 2.25. The van der Waals surface area contributed by atoms with Gasteiger partial charge in [-0.3, -0.25) is 15.0 Å². The number of rotatable bonds is 14. The minimum absolute atomic E-state index is 0.0992. The van der Waals surface area contributed by atoms with Crippen molar-refractivity contribution in [1.29, 1.82) is 5.41 Å². The second-order valence-electron chi connectivity index (χ2n) is 10.0. The molecule has 1 atom stereocenters. The molecule has 5 N–H and O–H groups in total. The largest absolute Gasteiger partial charge is 0.494 e. The average Bonchev–Trinajstić information content (AvgIpc) is 2.89. The van der Waals surface area contributed by atoms with E-state index in [2.05, 4.69) is 15.4 Å². The van der Waals surface area contributed by atoms with Crippen LogP contribution in [-0.4, -0.2) is 44.4 Å². The summed E-state index contributed by atoms with van der Waals surface area (Å²) in [6, 6.07) is 11.5. The number of hydrogen-bond acceptors (Lipinski definition) is 7. The first-order valence-electron chi connectivity index (χ1n) is 12.8. The lowest BCUT2D eigenvalue weighted by Gasteiger charge is -2.28. The van der Waals surface area contributed by atoms with Crippen molar-refractivity contribution < 1.29 is 23.5 Å². The molecule has 0 saturated heterocycles. The Bertz CT molecular complexity index is 1010. The monoisotopic (exact) mass is 530 g/mol. The average molecular weight is 531 g/mol. The van der Waals surface area contributed by atoms with E-state index in [0.29, 0.717) is 43.2 Å². The number of carbonyl (C=O) groups excluding carboxylic acids is 2. The first kappa shape index (κ1) is 32.6. The summed E-state index contributed by atoms with van der Waals surface area (Å²) in [6.07, 6.45) is 4.09. The molecule has 210 valence electrons. The molecule has 2 rings (SSSR count). The minimum Gasteiger partial charge on any atom is -0.494 e. The zero-order valence-corrected chi connectivity index (χ0v) is 23.2. The Hall–Kier alpha value is -3.46. The van der Waals surface area contributed by atoms with Crippen LogP contribution in [-0.2, 0) is 20.9 Å². The van der Waals surface area contributed by atoms with Gasteiger partial charge < -0.3 is 25.8 Å². The summed E-state index contributed by atoms with van der Waals surface area (Å²) < 4.78 is 23.0. The lowest BCUT2D eigenvalue weighted by molar-refractivity contribution is -0.126. The predicted molar refractivity (Wildman–Crippen MR) is 150 cm³/mol. The van der Waals surface area contributed by atoms with Crippen molar-refractivity contribution in [2.45, 2.75) is 66.0 Å². The van der Waals surface area contributed by atoms with Gasteiger partial charge in [0.1, 0.15) is 17.3 Å². The van der Waals surface area contributed by atoms with Gasteiger partial charge in [-0.25, -0.2) is 4.39 Å². The van der Waals surface area contributed by atoms with Gasteiger partial charge in [0.2, 0.25) is 0 Å². The van der Waals surface area contributed by atoms with Gasteiger partial charge >= 0.3 is 0 Å². The van der Waals surface area contributed by atoms with Gasteiger partial charge in [-0.05, 0) is 61.6 Å². The molecule has 0 aliphatic heterocycles. The summed E-state index contributed by atoms with van der Waals surface area (Å²) in [5.41, 5.74) is 7.28. The Labute approximate surface area is 226 Å². The summed E-state index contributed by atoms with van der Waals surface area (Å²) in [4.78, 5) is 21.8. The molecule has 0 aromatic heterocycles. The lowest BCUT2D eigenvalue weighted by atomic mass is 9.88. The number of anilines is 1. The minimum atomic E-state index is -0.430. The zero-order chi connectivity index (χ0) is 28.6. The number of hydrogen-bond donors (Lipinski definition) is 4. The zero-order valence-electron chi connectivity index (χ0n) is 23.2. The van der Waals surface area contributed by atoms with E-state index in [-0.39, 0.29) is 23.0 Å². The van der Waals surface area contributed by atoms with Crippen molar-refractivity contribution in [2.75, 3.05) is 25.6 Å².